The highest BCUT2D eigenvalue weighted by Gasteiger charge is 2.45. The van der Waals surface area contributed by atoms with Gasteiger partial charge in [0, 0.05) is 18.2 Å². The number of benzene rings is 1. The number of hydrogen-bond acceptors (Lipinski definition) is 7. The second kappa shape index (κ2) is 11.8. The number of carbonyl (C=O) groups is 2. The van der Waals surface area contributed by atoms with Gasteiger partial charge in [0.15, 0.2) is 0 Å². The molecule has 1 aliphatic rings. The predicted octanol–water partition coefficient (Wildman–Crippen LogP) is 3.49. The second-order valence-electron chi connectivity index (χ2n) is 7.65. The van der Waals surface area contributed by atoms with Crippen LogP contribution in [-0.4, -0.2) is 45.9 Å². The summed E-state index contributed by atoms with van der Waals surface area (Å²) >= 11 is 0. The minimum atomic E-state index is -0.650. The number of ether oxygens (including phenoxy) is 4. The van der Waals surface area contributed by atoms with Crippen molar-refractivity contribution in [3.8, 4) is 11.5 Å². The zero-order valence-corrected chi connectivity index (χ0v) is 18.6. The van der Waals surface area contributed by atoms with Crippen LogP contribution >= 0.6 is 0 Å². The molecule has 1 saturated carbocycles. The van der Waals surface area contributed by atoms with E-state index in [4.69, 9.17) is 18.9 Å². The van der Waals surface area contributed by atoms with Crippen molar-refractivity contribution in [2.45, 2.75) is 52.5 Å². The van der Waals surface area contributed by atoms with Gasteiger partial charge >= 0.3 is 11.9 Å². The fraction of sp³-hybridized carbons (Fsp3) is 0.652. The Morgan fingerprint density at radius 2 is 1.90 bits per heavy atom. The largest absolute Gasteiger partial charge is 0.497 e. The van der Waals surface area contributed by atoms with E-state index in [1.54, 1.807) is 21.1 Å². The molecule has 1 aromatic carbocycles. The molecule has 0 amide bonds. The molecule has 2 unspecified atom stereocenters. The van der Waals surface area contributed by atoms with E-state index in [2.05, 4.69) is 5.32 Å². The topological polar surface area (TPSA) is 83.1 Å². The molecule has 2 rings (SSSR count). The first-order valence-electron chi connectivity index (χ1n) is 10.7. The summed E-state index contributed by atoms with van der Waals surface area (Å²) < 4.78 is 21.3. The van der Waals surface area contributed by atoms with E-state index in [-0.39, 0.29) is 17.9 Å². The van der Waals surface area contributed by atoms with Crippen molar-refractivity contribution >= 4 is 11.9 Å². The van der Waals surface area contributed by atoms with Crippen LogP contribution in [0.5, 0.6) is 11.5 Å². The fourth-order valence-electron chi connectivity index (χ4n) is 4.17. The molecule has 1 aromatic rings. The summed E-state index contributed by atoms with van der Waals surface area (Å²) in [6.45, 7) is 5.53. The molecule has 0 aromatic heterocycles. The Morgan fingerprint density at radius 3 is 2.57 bits per heavy atom. The van der Waals surface area contributed by atoms with Gasteiger partial charge in [-0.25, -0.2) is 0 Å². The van der Waals surface area contributed by atoms with Crippen molar-refractivity contribution in [3.05, 3.63) is 23.8 Å². The van der Waals surface area contributed by atoms with Crippen molar-refractivity contribution in [2.24, 2.45) is 11.3 Å². The molecule has 2 atom stereocenters. The molecule has 30 heavy (non-hydrogen) atoms. The van der Waals surface area contributed by atoms with Crippen LogP contribution < -0.4 is 14.8 Å². The molecule has 1 fully saturated rings. The first kappa shape index (κ1) is 24.0. The Hall–Kier alpha value is -2.28. The zero-order valence-electron chi connectivity index (χ0n) is 18.6. The maximum atomic E-state index is 12.8. The van der Waals surface area contributed by atoms with Gasteiger partial charge in [0.1, 0.15) is 11.5 Å². The number of methoxy groups -OCH3 is 2. The lowest BCUT2D eigenvalue weighted by Crippen LogP contribution is -2.42. The summed E-state index contributed by atoms with van der Waals surface area (Å²) in [5, 5.41) is 3.41. The number of carbonyl (C=O) groups excluding carboxylic acids is 2. The molecule has 0 saturated heterocycles. The third-order valence-electron chi connectivity index (χ3n) is 5.76. The number of nitrogens with one attached hydrogen (secondary N) is 1. The quantitative estimate of drug-likeness (QED) is 0.433. The summed E-state index contributed by atoms with van der Waals surface area (Å²) in [5.41, 5.74) is 0.361. The lowest BCUT2D eigenvalue weighted by molar-refractivity contribution is -0.163. The molecule has 0 bridgehead atoms. The normalized spacial score (nSPS) is 21.0. The van der Waals surface area contributed by atoms with Crippen molar-refractivity contribution in [2.75, 3.05) is 34.0 Å². The molecule has 0 heterocycles. The van der Waals surface area contributed by atoms with E-state index >= 15 is 0 Å². The molecule has 0 spiro atoms. The minimum Gasteiger partial charge on any atom is -0.497 e. The fourth-order valence-corrected chi connectivity index (χ4v) is 4.17. The van der Waals surface area contributed by atoms with Crippen molar-refractivity contribution in [1.29, 1.82) is 0 Å². The van der Waals surface area contributed by atoms with Crippen LogP contribution in [-0.2, 0) is 25.6 Å². The maximum absolute atomic E-state index is 12.8. The molecule has 0 radical (unpaired) electrons. The average molecular weight is 422 g/mol. The highest BCUT2D eigenvalue weighted by molar-refractivity contribution is 5.79. The molecule has 1 N–H and O–H groups in total. The second-order valence-corrected chi connectivity index (χ2v) is 7.65. The van der Waals surface area contributed by atoms with Gasteiger partial charge in [-0.15, -0.1) is 0 Å². The minimum absolute atomic E-state index is 0.206. The third-order valence-corrected chi connectivity index (χ3v) is 5.76. The van der Waals surface area contributed by atoms with Crippen LogP contribution in [0.2, 0.25) is 0 Å². The van der Waals surface area contributed by atoms with Gasteiger partial charge < -0.3 is 24.3 Å². The Morgan fingerprint density at radius 1 is 1.13 bits per heavy atom. The predicted molar refractivity (Wildman–Crippen MR) is 114 cm³/mol. The lowest BCUT2D eigenvalue weighted by Gasteiger charge is -2.38. The summed E-state index contributed by atoms with van der Waals surface area (Å²) in [4.78, 5) is 25.1. The Balaban J connectivity index is 2.02. The van der Waals surface area contributed by atoms with E-state index in [9.17, 15) is 9.59 Å². The molecule has 168 valence electrons. The van der Waals surface area contributed by atoms with E-state index in [0.29, 0.717) is 39.1 Å². The van der Waals surface area contributed by atoms with Gasteiger partial charge in [-0.05, 0) is 52.1 Å². The molecule has 7 heteroatoms. The lowest BCUT2D eigenvalue weighted by atomic mass is 9.67. The molecular formula is C23H35NO6. The van der Waals surface area contributed by atoms with Gasteiger partial charge in [0.2, 0.25) is 0 Å². The van der Waals surface area contributed by atoms with E-state index < -0.39 is 5.41 Å². The summed E-state index contributed by atoms with van der Waals surface area (Å²) in [6.07, 6.45) is 3.40. The Labute approximate surface area is 179 Å². The van der Waals surface area contributed by atoms with Gasteiger partial charge in [0.05, 0.1) is 38.8 Å². The van der Waals surface area contributed by atoms with Gasteiger partial charge in [-0.1, -0.05) is 12.5 Å². The zero-order chi connectivity index (χ0) is 22.0. The highest BCUT2D eigenvalue weighted by Crippen LogP contribution is 2.43. The summed E-state index contributed by atoms with van der Waals surface area (Å²) in [7, 11) is 3.25. The monoisotopic (exact) mass is 421 g/mol. The first-order valence-corrected chi connectivity index (χ1v) is 10.7. The first-order chi connectivity index (χ1) is 14.5. The van der Waals surface area contributed by atoms with Gasteiger partial charge in [0.25, 0.3) is 0 Å². The molecule has 0 aliphatic heterocycles. The van der Waals surface area contributed by atoms with Crippen LogP contribution in [0.4, 0.5) is 0 Å². The van der Waals surface area contributed by atoms with Crippen LogP contribution in [0.15, 0.2) is 18.2 Å². The maximum Gasteiger partial charge on any atom is 0.312 e. The van der Waals surface area contributed by atoms with E-state index in [1.807, 2.05) is 25.1 Å². The average Bonchev–Trinajstić information content (AvgIpc) is 2.77. The summed E-state index contributed by atoms with van der Waals surface area (Å²) in [6, 6.07) is 5.70. The SMILES string of the molecule is CCOC(=O)C1CCCC(CCNCc2ccc(OC)cc2OC)(C(=O)OCC)C1. The number of rotatable bonds is 11. The molecule has 1 aliphatic carbocycles. The number of esters is 2. The smallest absolute Gasteiger partial charge is 0.312 e. The van der Waals surface area contributed by atoms with Crippen LogP contribution in [0.25, 0.3) is 0 Å². The number of hydrogen-bond donors (Lipinski definition) is 1. The molecular weight excluding hydrogens is 386 g/mol. The van der Waals surface area contributed by atoms with Crippen molar-refractivity contribution in [3.63, 3.8) is 0 Å². The molecule has 7 nitrogen and oxygen atoms in total. The highest BCUT2D eigenvalue weighted by atomic mass is 16.5. The van der Waals surface area contributed by atoms with Crippen molar-refractivity contribution in [1.82, 2.24) is 5.32 Å². The standard InChI is InChI=1S/C23H35NO6/c1-5-29-21(25)17-8-7-11-23(15-17,22(26)30-6-2)12-13-24-16-18-9-10-19(27-3)14-20(18)28-4/h9-10,14,17,24H,5-8,11-13,15-16H2,1-4H3. The van der Waals surface area contributed by atoms with Crippen LogP contribution in [0.1, 0.15) is 51.5 Å². The van der Waals surface area contributed by atoms with Gasteiger partial charge in [-0.3, -0.25) is 9.59 Å². The van der Waals surface area contributed by atoms with E-state index in [1.165, 1.54) is 0 Å². The van der Waals surface area contributed by atoms with Crippen LogP contribution in [0.3, 0.4) is 0 Å². The van der Waals surface area contributed by atoms with Gasteiger partial charge in [-0.2, -0.15) is 0 Å². The Kier molecular flexibility index (Phi) is 9.43. The Bertz CT molecular complexity index is 707. The van der Waals surface area contributed by atoms with Crippen LogP contribution in [0, 0.1) is 11.3 Å². The van der Waals surface area contributed by atoms with Crippen molar-refractivity contribution < 1.29 is 28.5 Å². The van der Waals surface area contributed by atoms with E-state index in [0.717, 1.165) is 36.3 Å². The summed E-state index contributed by atoms with van der Waals surface area (Å²) in [5.74, 6) is 0.834. The third kappa shape index (κ3) is 6.11.